The lowest BCUT2D eigenvalue weighted by molar-refractivity contribution is -0.138. The van der Waals surface area contributed by atoms with E-state index in [1.54, 1.807) is 7.05 Å². The van der Waals surface area contributed by atoms with Crippen molar-refractivity contribution in [2.45, 2.75) is 12.6 Å². The number of carboxylic acids is 1. The molecule has 1 N–H and O–H groups in total. The molecule has 0 radical (unpaired) electrons. The molecule has 7 heteroatoms. The highest BCUT2D eigenvalue weighted by Gasteiger charge is 2.30. The van der Waals surface area contributed by atoms with Crippen molar-refractivity contribution in [3.63, 3.8) is 0 Å². The minimum absolute atomic E-state index is 0.296. The van der Waals surface area contributed by atoms with E-state index in [4.69, 9.17) is 5.11 Å². The normalized spacial score (nSPS) is 11.6. The van der Waals surface area contributed by atoms with Crippen LogP contribution in [0.4, 0.5) is 13.2 Å². The van der Waals surface area contributed by atoms with Crippen LogP contribution in [0.3, 0.4) is 0 Å². The first-order valence-corrected chi connectivity index (χ1v) is 5.69. The first-order chi connectivity index (χ1) is 9.29. The molecule has 4 nitrogen and oxygen atoms in total. The summed E-state index contributed by atoms with van der Waals surface area (Å²) in [6.45, 7) is 0. The summed E-state index contributed by atoms with van der Waals surface area (Å²) in [7, 11) is 1.55. The number of carboxylic acid groups (broad SMARTS) is 1. The fourth-order valence-electron chi connectivity index (χ4n) is 1.92. The largest absolute Gasteiger partial charge is 0.481 e. The Bertz CT molecular complexity index is 647. The topological polar surface area (TPSA) is 55.1 Å². The zero-order chi connectivity index (χ0) is 14.9. The number of halogens is 3. The molecule has 0 spiro atoms. The third-order valence-corrected chi connectivity index (χ3v) is 2.88. The Balaban J connectivity index is 2.50. The SMILES string of the molecule is Cn1ncc(-c2cccc(C(F)(F)F)c2)c1CC(=O)O. The Labute approximate surface area is 112 Å². The van der Waals surface area contributed by atoms with Gasteiger partial charge in [0.25, 0.3) is 0 Å². The highest BCUT2D eigenvalue weighted by molar-refractivity contribution is 5.75. The van der Waals surface area contributed by atoms with E-state index in [-0.39, 0.29) is 6.42 Å². The van der Waals surface area contributed by atoms with Crippen LogP contribution in [-0.2, 0) is 24.4 Å². The Morgan fingerprint density at radius 2 is 2.10 bits per heavy atom. The summed E-state index contributed by atoms with van der Waals surface area (Å²) < 4.78 is 39.4. The van der Waals surface area contributed by atoms with Crippen LogP contribution in [0.25, 0.3) is 11.1 Å². The number of rotatable bonds is 3. The molecule has 106 valence electrons. The molecular weight excluding hydrogens is 273 g/mol. The summed E-state index contributed by atoms with van der Waals surface area (Å²) in [6, 6.07) is 4.74. The summed E-state index contributed by atoms with van der Waals surface area (Å²) in [5.41, 5.74) is 0.266. The molecule has 0 aliphatic carbocycles. The number of hydrogen-bond acceptors (Lipinski definition) is 2. The zero-order valence-electron chi connectivity index (χ0n) is 10.5. The molecule has 0 aliphatic heterocycles. The van der Waals surface area contributed by atoms with E-state index >= 15 is 0 Å². The van der Waals surface area contributed by atoms with Gasteiger partial charge in [0.15, 0.2) is 0 Å². The van der Waals surface area contributed by atoms with Crippen molar-refractivity contribution >= 4 is 5.97 Å². The van der Waals surface area contributed by atoms with Gasteiger partial charge in [-0.05, 0) is 17.7 Å². The average molecular weight is 284 g/mol. The second-order valence-corrected chi connectivity index (χ2v) is 4.28. The van der Waals surface area contributed by atoms with E-state index in [2.05, 4.69) is 5.10 Å². The van der Waals surface area contributed by atoms with Crippen molar-refractivity contribution in [2.24, 2.45) is 7.05 Å². The Morgan fingerprint density at radius 3 is 2.70 bits per heavy atom. The zero-order valence-corrected chi connectivity index (χ0v) is 10.5. The molecule has 0 atom stereocenters. The van der Waals surface area contributed by atoms with Crippen LogP contribution >= 0.6 is 0 Å². The van der Waals surface area contributed by atoms with E-state index < -0.39 is 17.7 Å². The van der Waals surface area contributed by atoms with Gasteiger partial charge in [-0.1, -0.05) is 12.1 Å². The third kappa shape index (κ3) is 2.81. The summed E-state index contributed by atoms with van der Waals surface area (Å²) >= 11 is 0. The standard InChI is InChI=1S/C13H11F3N2O2/c1-18-11(6-12(19)20)10(7-17-18)8-3-2-4-9(5-8)13(14,15)16/h2-5,7H,6H2,1H3,(H,19,20). The highest BCUT2D eigenvalue weighted by Crippen LogP contribution is 2.33. The molecule has 1 aromatic heterocycles. The van der Waals surface area contributed by atoms with Crippen molar-refractivity contribution in [1.29, 1.82) is 0 Å². The third-order valence-electron chi connectivity index (χ3n) is 2.88. The van der Waals surface area contributed by atoms with E-state index in [1.807, 2.05) is 0 Å². The second-order valence-electron chi connectivity index (χ2n) is 4.28. The number of aromatic nitrogens is 2. The molecular formula is C13H11F3N2O2. The quantitative estimate of drug-likeness (QED) is 0.942. The minimum atomic E-state index is -4.44. The Morgan fingerprint density at radius 1 is 1.40 bits per heavy atom. The lowest BCUT2D eigenvalue weighted by Gasteiger charge is -2.09. The monoisotopic (exact) mass is 284 g/mol. The fourth-order valence-corrected chi connectivity index (χ4v) is 1.92. The maximum absolute atomic E-state index is 12.7. The highest BCUT2D eigenvalue weighted by atomic mass is 19.4. The van der Waals surface area contributed by atoms with Gasteiger partial charge in [0, 0.05) is 12.6 Å². The fraction of sp³-hybridized carbons (Fsp3) is 0.231. The molecule has 1 aromatic carbocycles. The van der Waals surface area contributed by atoms with E-state index in [9.17, 15) is 18.0 Å². The van der Waals surface area contributed by atoms with Gasteiger partial charge in [-0.3, -0.25) is 9.48 Å². The molecule has 2 rings (SSSR count). The van der Waals surface area contributed by atoms with Gasteiger partial charge < -0.3 is 5.11 Å². The van der Waals surface area contributed by atoms with Crippen molar-refractivity contribution in [1.82, 2.24) is 9.78 Å². The van der Waals surface area contributed by atoms with Gasteiger partial charge in [-0.2, -0.15) is 18.3 Å². The van der Waals surface area contributed by atoms with Crippen LogP contribution in [0.2, 0.25) is 0 Å². The average Bonchev–Trinajstić information content (AvgIpc) is 2.70. The lowest BCUT2D eigenvalue weighted by Crippen LogP contribution is -2.08. The Hall–Kier alpha value is -2.31. The molecule has 0 fully saturated rings. The summed E-state index contributed by atoms with van der Waals surface area (Å²) in [4.78, 5) is 10.8. The maximum atomic E-state index is 12.7. The second kappa shape index (κ2) is 4.99. The van der Waals surface area contributed by atoms with Crippen LogP contribution < -0.4 is 0 Å². The van der Waals surface area contributed by atoms with Crippen LogP contribution in [0.5, 0.6) is 0 Å². The van der Waals surface area contributed by atoms with Gasteiger partial charge in [0.2, 0.25) is 0 Å². The predicted molar refractivity (Wildman–Crippen MR) is 65.0 cm³/mol. The first-order valence-electron chi connectivity index (χ1n) is 5.69. The van der Waals surface area contributed by atoms with Gasteiger partial charge in [-0.25, -0.2) is 0 Å². The predicted octanol–water partition coefficient (Wildman–Crippen LogP) is 2.73. The molecule has 0 bridgehead atoms. The van der Waals surface area contributed by atoms with Crippen molar-refractivity contribution in [2.75, 3.05) is 0 Å². The number of aliphatic carboxylic acids is 1. The molecule has 20 heavy (non-hydrogen) atoms. The molecule has 0 saturated carbocycles. The maximum Gasteiger partial charge on any atom is 0.416 e. The van der Waals surface area contributed by atoms with Crippen molar-refractivity contribution in [3.05, 3.63) is 41.7 Å². The molecule has 0 unspecified atom stereocenters. The molecule has 0 aliphatic rings. The van der Waals surface area contributed by atoms with Gasteiger partial charge >= 0.3 is 12.1 Å². The first kappa shape index (κ1) is 14.1. The number of alkyl halides is 3. The summed E-state index contributed by atoms with van der Waals surface area (Å²) in [5, 5.41) is 12.8. The number of aryl methyl sites for hydroxylation is 1. The van der Waals surface area contributed by atoms with Crippen LogP contribution in [-0.4, -0.2) is 20.9 Å². The van der Waals surface area contributed by atoms with E-state index in [0.717, 1.165) is 12.1 Å². The summed E-state index contributed by atoms with van der Waals surface area (Å²) in [5.74, 6) is -1.07. The molecule has 1 heterocycles. The number of hydrogen-bond donors (Lipinski definition) is 1. The van der Waals surface area contributed by atoms with Crippen molar-refractivity contribution in [3.8, 4) is 11.1 Å². The molecule has 2 aromatic rings. The van der Waals surface area contributed by atoms with Crippen molar-refractivity contribution < 1.29 is 23.1 Å². The van der Waals surface area contributed by atoms with Crippen LogP contribution in [0.15, 0.2) is 30.5 Å². The Kier molecular flexibility index (Phi) is 3.52. The van der Waals surface area contributed by atoms with Crippen LogP contribution in [0, 0.1) is 0 Å². The van der Waals surface area contributed by atoms with Crippen LogP contribution in [0.1, 0.15) is 11.3 Å². The summed E-state index contributed by atoms with van der Waals surface area (Å²) in [6.07, 6.45) is -3.37. The van der Waals surface area contributed by atoms with Gasteiger partial charge in [0.1, 0.15) is 0 Å². The number of carbonyl (C=O) groups is 1. The van der Waals surface area contributed by atoms with E-state index in [1.165, 1.54) is 23.0 Å². The van der Waals surface area contributed by atoms with Gasteiger partial charge in [0.05, 0.1) is 23.9 Å². The van der Waals surface area contributed by atoms with Gasteiger partial charge in [-0.15, -0.1) is 0 Å². The minimum Gasteiger partial charge on any atom is -0.481 e. The number of benzene rings is 1. The van der Waals surface area contributed by atoms with E-state index in [0.29, 0.717) is 16.8 Å². The smallest absolute Gasteiger partial charge is 0.416 e. The number of nitrogens with zero attached hydrogens (tertiary/aromatic N) is 2. The molecule has 0 saturated heterocycles. The lowest BCUT2D eigenvalue weighted by atomic mass is 10.0. The molecule has 0 amide bonds.